The highest BCUT2D eigenvalue weighted by molar-refractivity contribution is 5.82. The fourth-order valence-electron chi connectivity index (χ4n) is 2.20. The second kappa shape index (κ2) is 5.17. The van der Waals surface area contributed by atoms with E-state index in [0.29, 0.717) is 11.8 Å². The summed E-state index contributed by atoms with van der Waals surface area (Å²) in [6, 6.07) is 0.195. The molecule has 0 aromatic heterocycles. The Hall–Kier alpha value is -0.570. The van der Waals surface area contributed by atoms with Crippen LogP contribution in [0.5, 0.6) is 0 Å². The number of likely N-dealkylation sites (tertiary alicyclic amines) is 1. The SMILES string of the molecule is CCC(C)(C)C(=O)N1CCCC(C(C)N)C1. The molecule has 1 fully saturated rings. The molecule has 1 rings (SSSR count). The van der Waals surface area contributed by atoms with Crippen LogP contribution in [0.4, 0.5) is 0 Å². The summed E-state index contributed by atoms with van der Waals surface area (Å²) in [6.07, 6.45) is 3.15. The van der Waals surface area contributed by atoms with Crippen LogP contribution in [-0.2, 0) is 4.79 Å². The minimum atomic E-state index is -0.222. The highest BCUT2D eigenvalue weighted by Gasteiger charge is 2.33. The van der Waals surface area contributed by atoms with Crippen LogP contribution in [0.15, 0.2) is 0 Å². The molecule has 0 aromatic rings. The number of rotatable bonds is 3. The van der Waals surface area contributed by atoms with Crippen molar-refractivity contribution < 1.29 is 4.79 Å². The predicted molar refractivity (Wildman–Crippen MR) is 67.0 cm³/mol. The molecule has 1 aliphatic heterocycles. The van der Waals surface area contributed by atoms with Crippen LogP contribution >= 0.6 is 0 Å². The fourth-order valence-corrected chi connectivity index (χ4v) is 2.20. The zero-order chi connectivity index (χ0) is 12.3. The Kier molecular flexibility index (Phi) is 4.36. The van der Waals surface area contributed by atoms with Crippen molar-refractivity contribution >= 4 is 5.91 Å². The summed E-state index contributed by atoms with van der Waals surface area (Å²) < 4.78 is 0. The van der Waals surface area contributed by atoms with Crippen LogP contribution < -0.4 is 5.73 Å². The van der Waals surface area contributed by atoms with Crippen molar-refractivity contribution in [1.82, 2.24) is 4.90 Å². The average molecular weight is 226 g/mol. The van der Waals surface area contributed by atoms with E-state index in [4.69, 9.17) is 5.73 Å². The van der Waals surface area contributed by atoms with Crippen molar-refractivity contribution in [1.29, 1.82) is 0 Å². The summed E-state index contributed by atoms with van der Waals surface area (Å²) in [5.74, 6) is 0.769. The Bertz CT molecular complexity index is 248. The Balaban J connectivity index is 2.64. The van der Waals surface area contributed by atoms with Crippen LogP contribution in [0.3, 0.4) is 0 Å². The van der Waals surface area contributed by atoms with Crippen LogP contribution in [0.25, 0.3) is 0 Å². The van der Waals surface area contributed by atoms with Crippen LogP contribution in [-0.4, -0.2) is 29.9 Å². The average Bonchev–Trinajstić information content (AvgIpc) is 2.28. The number of piperidine rings is 1. The summed E-state index contributed by atoms with van der Waals surface area (Å²) in [7, 11) is 0. The maximum Gasteiger partial charge on any atom is 0.228 e. The predicted octanol–water partition coefficient (Wildman–Crippen LogP) is 2.01. The second-order valence-corrected chi connectivity index (χ2v) is 5.75. The maximum absolute atomic E-state index is 12.3. The van der Waals surface area contributed by atoms with Crippen molar-refractivity contribution in [2.45, 2.75) is 53.0 Å². The van der Waals surface area contributed by atoms with Gasteiger partial charge in [0.1, 0.15) is 0 Å². The molecule has 0 spiro atoms. The molecule has 2 N–H and O–H groups in total. The van der Waals surface area contributed by atoms with E-state index in [1.54, 1.807) is 0 Å². The normalized spacial score (nSPS) is 24.3. The highest BCUT2D eigenvalue weighted by atomic mass is 16.2. The lowest BCUT2D eigenvalue weighted by atomic mass is 9.85. The van der Waals surface area contributed by atoms with Gasteiger partial charge in [-0.25, -0.2) is 0 Å². The first-order valence-electron chi connectivity index (χ1n) is 6.43. The molecule has 16 heavy (non-hydrogen) atoms. The van der Waals surface area contributed by atoms with Gasteiger partial charge in [0.2, 0.25) is 5.91 Å². The van der Waals surface area contributed by atoms with E-state index in [0.717, 1.165) is 32.4 Å². The van der Waals surface area contributed by atoms with Gasteiger partial charge in [0.05, 0.1) is 0 Å². The first-order chi connectivity index (χ1) is 7.38. The topological polar surface area (TPSA) is 46.3 Å². The number of amides is 1. The van der Waals surface area contributed by atoms with Crippen molar-refractivity contribution in [2.75, 3.05) is 13.1 Å². The van der Waals surface area contributed by atoms with Gasteiger partial charge in [0.15, 0.2) is 0 Å². The quantitative estimate of drug-likeness (QED) is 0.800. The van der Waals surface area contributed by atoms with Crippen LogP contribution in [0, 0.1) is 11.3 Å². The molecular weight excluding hydrogens is 200 g/mol. The molecule has 2 atom stereocenters. The fraction of sp³-hybridized carbons (Fsp3) is 0.923. The molecule has 1 amide bonds. The lowest BCUT2D eigenvalue weighted by molar-refractivity contribution is -0.142. The Morgan fingerprint density at radius 2 is 2.19 bits per heavy atom. The minimum absolute atomic E-state index is 0.195. The van der Waals surface area contributed by atoms with E-state index in [1.807, 2.05) is 25.7 Å². The van der Waals surface area contributed by atoms with E-state index >= 15 is 0 Å². The zero-order valence-electron chi connectivity index (χ0n) is 11.1. The molecule has 0 radical (unpaired) electrons. The Morgan fingerprint density at radius 3 is 2.69 bits per heavy atom. The zero-order valence-corrected chi connectivity index (χ0v) is 11.1. The molecular formula is C13H26N2O. The Labute approximate surface area is 99.4 Å². The molecule has 3 nitrogen and oxygen atoms in total. The summed E-state index contributed by atoms with van der Waals surface area (Å²) in [6.45, 7) is 9.94. The number of nitrogens with zero attached hydrogens (tertiary/aromatic N) is 1. The molecule has 1 heterocycles. The molecule has 0 aliphatic carbocycles. The summed E-state index contributed by atoms with van der Waals surface area (Å²) in [4.78, 5) is 14.3. The minimum Gasteiger partial charge on any atom is -0.342 e. The standard InChI is InChI=1S/C13H26N2O/c1-5-13(3,4)12(16)15-8-6-7-11(9-15)10(2)14/h10-11H,5-9,14H2,1-4H3. The molecule has 0 aromatic carbocycles. The van der Waals surface area contributed by atoms with Gasteiger partial charge in [-0.1, -0.05) is 20.8 Å². The monoisotopic (exact) mass is 226 g/mol. The number of hydrogen-bond acceptors (Lipinski definition) is 2. The molecule has 0 saturated carbocycles. The van der Waals surface area contributed by atoms with Crippen LogP contribution in [0.2, 0.25) is 0 Å². The smallest absolute Gasteiger partial charge is 0.228 e. The third-order valence-electron chi connectivity index (χ3n) is 3.95. The van der Waals surface area contributed by atoms with Crippen molar-refractivity contribution in [3.05, 3.63) is 0 Å². The molecule has 0 bridgehead atoms. The highest BCUT2D eigenvalue weighted by Crippen LogP contribution is 2.27. The van der Waals surface area contributed by atoms with Gasteiger partial charge in [0.25, 0.3) is 0 Å². The second-order valence-electron chi connectivity index (χ2n) is 5.75. The third-order valence-corrected chi connectivity index (χ3v) is 3.95. The van der Waals surface area contributed by atoms with Gasteiger partial charge in [-0.15, -0.1) is 0 Å². The lowest BCUT2D eigenvalue weighted by Gasteiger charge is -2.38. The summed E-state index contributed by atoms with van der Waals surface area (Å²) in [5.41, 5.74) is 5.71. The van der Waals surface area contributed by atoms with Gasteiger partial charge < -0.3 is 10.6 Å². The van der Waals surface area contributed by atoms with Crippen LogP contribution in [0.1, 0.15) is 47.0 Å². The molecule has 3 heteroatoms. The molecule has 1 saturated heterocycles. The summed E-state index contributed by atoms with van der Waals surface area (Å²) in [5, 5.41) is 0. The van der Waals surface area contributed by atoms with E-state index in [9.17, 15) is 4.79 Å². The first-order valence-corrected chi connectivity index (χ1v) is 6.43. The van der Waals surface area contributed by atoms with E-state index < -0.39 is 0 Å². The molecule has 94 valence electrons. The van der Waals surface area contributed by atoms with E-state index in [2.05, 4.69) is 6.92 Å². The van der Waals surface area contributed by atoms with Gasteiger partial charge in [-0.05, 0) is 32.1 Å². The van der Waals surface area contributed by atoms with Gasteiger partial charge in [-0.2, -0.15) is 0 Å². The molecule has 1 aliphatic rings. The summed E-state index contributed by atoms with van der Waals surface area (Å²) >= 11 is 0. The van der Waals surface area contributed by atoms with E-state index in [1.165, 1.54) is 0 Å². The van der Waals surface area contributed by atoms with Crippen molar-refractivity contribution in [3.63, 3.8) is 0 Å². The number of nitrogens with two attached hydrogens (primary N) is 1. The number of carbonyl (C=O) groups excluding carboxylic acids is 1. The van der Waals surface area contributed by atoms with Gasteiger partial charge >= 0.3 is 0 Å². The largest absolute Gasteiger partial charge is 0.342 e. The van der Waals surface area contributed by atoms with Crippen molar-refractivity contribution in [2.24, 2.45) is 17.1 Å². The number of carbonyl (C=O) groups is 1. The van der Waals surface area contributed by atoms with Gasteiger partial charge in [0, 0.05) is 24.5 Å². The van der Waals surface area contributed by atoms with Gasteiger partial charge in [-0.3, -0.25) is 4.79 Å². The Morgan fingerprint density at radius 1 is 1.56 bits per heavy atom. The lowest BCUT2D eigenvalue weighted by Crippen LogP contribution is -2.49. The third kappa shape index (κ3) is 2.97. The maximum atomic E-state index is 12.3. The van der Waals surface area contributed by atoms with E-state index in [-0.39, 0.29) is 11.5 Å². The number of hydrogen-bond donors (Lipinski definition) is 1. The van der Waals surface area contributed by atoms with Crippen molar-refractivity contribution in [3.8, 4) is 0 Å². The molecule has 2 unspecified atom stereocenters. The first kappa shape index (κ1) is 13.5.